The Labute approximate surface area is 163 Å². The number of para-hydroxylation sites is 2. The minimum atomic E-state index is -0.197. The van der Waals surface area contributed by atoms with Gasteiger partial charge in [-0.1, -0.05) is 30.3 Å². The Balaban J connectivity index is 1.42. The standard InChI is InChI=1S/C22H21FN4O/c23-20-8-4-5-9-21(20)27-12-10-26(11-13-27)19-14-17(15-24-16-19)22(28)25-18-6-2-1-3-7-18/h1-9,14-16H,10-13H2,(H,25,28). The number of piperazine rings is 1. The van der Waals surface area contributed by atoms with Crippen LogP contribution in [0.4, 0.5) is 21.5 Å². The number of benzene rings is 2. The number of hydrogen-bond donors (Lipinski definition) is 1. The fourth-order valence-electron chi connectivity index (χ4n) is 3.36. The number of nitrogens with zero attached hydrogens (tertiary/aromatic N) is 3. The van der Waals surface area contributed by atoms with Crippen LogP contribution in [0, 0.1) is 5.82 Å². The topological polar surface area (TPSA) is 48.5 Å². The van der Waals surface area contributed by atoms with Crippen LogP contribution in [-0.2, 0) is 0 Å². The number of carbonyl (C=O) groups excluding carboxylic acids is 1. The van der Waals surface area contributed by atoms with E-state index in [1.807, 2.05) is 47.4 Å². The summed E-state index contributed by atoms with van der Waals surface area (Å²) in [4.78, 5) is 21.0. The van der Waals surface area contributed by atoms with E-state index in [2.05, 4.69) is 15.2 Å². The average Bonchev–Trinajstić information content (AvgIpc) is 2.75. The van der Waals surface area contributed by atoms with Gasteiger partial charge in [-0.05, 0) is 30.3 Å². The third-order valence-corrected chi connectivity index (χ3v) is 4.86. The summed E-state index contributed by atoms with van der Waals surface area (Å²) < 4.78 is 14.0. The van der Waals surface area contributed by atoms with Crippen molar-refractivity contribution in [1.29, 1.82) is 0 Å². The van der Waals surface area contributed by atoms with E-state index in [9.17, 15) is 9.18 Å². The molecule has 3 aromatic rings. The Morgan fingerprint density at radius 1 is 0.893 bits per heavy atom. The van der Waals surface area contributed by atoms with Crippen molar-refractivity contribution in [2.24, 2.45) is 0 Å². The van der Waals surface area contributed by atoms with E-state index in [-0.39, 0.29) is 11.7 Å². The quantitative estimate of drug-likeness (QED) is 0.753. The maximum Gasteiger partial charge on any atom is 0.257 e. The number of rotatable bonds is 4. The number of amides is 1. The van der Waals surface area contributed by atoms with Crippen molar-refractivity contribution in [3.8, 4) is 0 Å². The zero-order valence-electron chi connectivity index (χ0n) is 15.4. The van der Waals surface area contributed by atoms with Gasteiger partial charge in [-0.25, -0.2) is 4.39 Å². The molecule has 2 heterocycles. The molecule has 4 rings (SSSR count). The molecule has 0 aliphatic carbocycles. The van der Waals surface area contributed by atoms with Crippen molar-refractivity contribution in [2.45, 2.75) is 0 Å². The van der Waals surface area contributed by atoms with Gasteiger partial charge < -0.3 is 15.1 Å². The fraction of sp³-hybridized carbons (Fsp3) is 0.182. The van der Waals surface area contributed by atoms with Crippen LogP contribution in [0.2, 0.25) is 0 Å². The van der Waals surface area contributed by atoms with Crippen molar-refractivity contribution in [1.82, 2.24) is 4.98 Å². The molecule has 0 unspecified atom stereocenters. The van der Waals surface area contributed by atoms with E-state index in [0.717, 1.165) is 24.5 Å². The molecule has 0 bridgehead atoms. The molecule has 1 fully saturated rings. The second-order valence-corrected chi connectivity index (χ2v) is 6.68. The molecule has 5 nitrogen and oxygen atoms in total. The number of hydrogen-bond acceptors (Lipinski definition) is 4. The number of pyridine rings is 1. The molecule has 6 heteroatoms. The van der Waals surface area contributed by atoms with Gasteiger partial charge in [0, 0.05) is 38.1 Å². The molecular formula is C22H21FN4O. The van der Waals surface area contributed by atoms with Crippen LogP contribution in [0.5, 0.6) is 0 Å². The van der Waals surface area contributed by atoms with Crippen molar-refractivity contribution in [3.63, 3.8) is 0 Å². The van der Waals surface area contributed by atoms with Crippen LogP contribution < -0.4 is 15.1 Å². The number of aromatic nitrogens is 1. The van der Waals surface area contributed by atoms with Crippen molar-refractivity contribution in [3.05, 3.63) is 84.4 Å². The lowest BCUT2D eigenvalue weighted by Crippen LogP contribution is -2.46. The molecular weight excluding hydrogens is 355 g/mol. The second kappa shape index (κ2) is 8.08. The van der Waals surface area contributed by atoms with Gasteiger partial charge in [0.15, 0.2) is 0 Å². The Bertz CT molecular complexity index is 956. The first kappa shape index (κ1) is 18.0. The Morgan fingerprint density at radius 2 is 1.57 bits per heavy atom. The first-order valence-corrected chi connectivity index (χ1v) is 9.26. The summed E-state index contributed by atoms with van der Waals surface area (Å²) in [5.41, 5.74) is 2.79. The molecule has 2 aromatic carbocycles. The van der Waals surface area contributed by atoms with Gasteiger partial charge in [0.05, 0.1) is 23.1 Å². The van der Waals surface area contributed by atoms with Crippen LogP contribution in [0.1, 0.15) is 10.4 Å². The number of anilines is 3. The highest BCUT2D eigenvalue weighted by atomic mass is 19.1. The van der Waals surface area contributed by atoms with Gasteiger partial charge in [-0.2, -0.15) is 0 Å². The van der Waals surface area contributed by atoms with E-state index in [4.69, 9.17) is 0 Å². The zero-order valence-corrected chi connectivity index (χ0v) is 15.4. The fourth-order valence-corrected chi connectivity index (χ4v) is 3.36. The van der Waals surface area contributed by atoms with Crippen LogP contribution in [0.25, 0.3) is 0 Å². The molecule has 0 spiro atoms. The lowest BCUT2D eigenvalue weighted by molar-refractivity contribution is 0.102. The summed E-state index contributed by atoms with van der Waals surface area (Å²) in [5.74, 6) is -0.386. The molecule has 1 aliphatic heterocycles. The molecule has 28 heavy (non-hydrogen) atoms. The highest BCUT2D eigenvalue weighted by Crippen LogP contribution is 2.23. The smallest absolute Gasteiger partial charge is 0.257 e. The first-order valence-electron chi connectivity index (χ1n) is 9.26. The molecule has 0 atom stereocenters. The van der Waals surface area contributed by atoms with Gasteiger partial charge in [-0.3, -0.25) is 9.78 Å². The number of halogens is 1. The molecule has 0 saturated carbocycles. The normalized spacial score (nSPS) is 14.0. The summed E-state index contributed by atoms with van der Waals surface area (Å²) in [6, 6.07) is 18.0. The van der Waals surface area contributed by atoms with Gasteiger partial charge in [0.2, 0.25) is 0 Å². The molecule has 1 aromatic heterocycles. The van der Waals surface area contributed by atoms with E-state index in [1.165, 1.54) is 6.07 Å². The van der Waals surface area contributed by atoms with Crippen molar-refractivity contribution < 1.29 is 9.18 Å². The summed E-state index contributed by atoms with van der Waals surface area (Å²) in [6.07, 6.45) is 3.33. The predicted molar refractivity (Wildman–Crippen MR) is 109 cm³/mol. The lowest BCUT2D eigenvalue weighted by atomic mass is 10.2. The Kier molecular flexibility index (Phi) is 5.19. The SMILES string of the molecule is O=C(Nc1ccccc1)c1cncc(N2CCN(c3ccccc3F)CC2)c1. The first-order chi connectivity index (χ1) is 13.7. The van der Waals surface area contributed by atoms with Gasteiger partial charge in [0.1, 0.15) is 5.82 Å². The Morgan fingerprint density at radius 3 is 2.32 bits per heavy atom. The second-order valence-electron chi connectivity index (χ2n) is 6.68. The highest BCUT2D eigenvalue weighted by Gasteiger charge is 2.20. The third-order valence-electron chi connectivity index (χ3n) is 4.86. The van der Waals surface area contributed by atoms with Crippen LogP contribution in [0.15, 0.2) is 73.1 Å². The van der Waals surface area contributed by atoms with Crippen molar-refractivity contribution in [2.75, 3.05) is 41.3 Å². The van der Waals surface area contributed by atoms with Crippen molar-refractivity contribution >= 4 is 23.0 Å². The Hall–Kier alpha value is -3.41. The van der Waals surface area contributed by atoms with Crippen LogP contribution >= 0.6 is 0 Å². The summed E-state index contributed by atoms with van der Waals surface area (Å²) >= 11 is 0. The molecule has 1 aliphatic rings. The molecule has 1 N–H and O–H groups in total. The largest absolute Gasteiger partial charge is 0.367 e. The maximum absolute atomic E-state index is 14.0. The van der Waals surface area contributed by atoms with E-state index in [1.54, 1.807) is 24.5 Å². The zero-order chi connectivity index (χ0) is 19.3. The number of carbonyl (C=O) groups is 1. The van der Waals surface area contributed by atoms with Crippen LogP contribution in [0.3, 0.4) is 0 Å². The monoisotopic (exact) mass is 376 g/mol. The molecule has 142 valence electrons. The lowest BCUT2D eigenvalue weighted by Gasteiger charge is -2.37. The average molecular weight is 376 g/mol. The molecule has 0 radical (unpaired) electrons. The van der Waals surface area contributed by atoms with Gasteiger partial charge in [-0.15, -0.1) is 0 Å². The van der Waals surface area contributed by atoms with Gasteiger partial charge in [0.25, 0.3) is 5.91 Å². The summed E-state index contributed by atoms with van der Waals surface area (Å²) in [6.45, 7) is 2.89. The third kappa shape index (κ3) is 3.96. The number of nitrogens with one attached hydrogen (secondary N) is 1. The predicted octanol–water partition coefficient (Wildman–Crippen LogP) is 3.80. The van der Waals surface area contributed by atoms with E-state index < -0.39 is 0 Å². The molecule has 1 amide bonds. The van der Waals surface area contributed by atoms with E-state index in [0.29, 0.717) is 24.3 Å². The molecule has 1 saturated heterocycles. The minimum Gasteiger partial charge on any atom is -0.367 e. The summed E-state index contributed by atoms with van der Waals surface area (Å²) in [5, 5.41) is 2.88. The van der Waals surface area contributed by atoms with Gasteiger partial charge >= 0.3 is 0 Å². The highest BCUT2D eigenvalue weighted by molar-refractivity contribution is 6.04. The van der Waals surface area contributed by atoms with E-state index >= 15 is 0 Å². The minimum absolute atomic E-state index is 0.189. The van der Waals surface area contributed by atoms with Crippen LogP contribution in [-0.4, -0.2) is 37.1 Å². The summed E-state index contributed by atoms with van der Waals surface area (Å²) in [7, 11) is 0. The maximum atomic E-state index is 14.0.